The zero-order valence-electron chi connectivity index (χ0n) is 15.9. The number of amidine groups is 4. The summed E-state index contributed by atoms with van der Waals surface area (Å²) in [5.74, 6) is 0.406. The van der Waals surface area contributed by atoms with Gasteiger partial charge in [-0.25, -0.2) is 0 Å². The molecule has 0 aliphatic carbocycles. The highest BCUT2D eigenvalue weighted by molar-refractivity contribution is 5.81. The van der Waals surface area contributed by atoms with E-state index in [0.717, 1.165) is 0 Å². The van der Waals surface area contributed by atoms with Crippen molar-refractivity contribution in [3.05, 3.63) is 0 Å². The highest BCUT2D eigenvalue weighted by atomic mass is 16.4. The maximum absolute atomic E-state index is 8.69. The van der Waals surface area contributed by atoms with Gasteiger partial charge < -0.3 is 53.6 Å². The third-order valence-corrected chi connectivity index (χ3v) is 3.98. The van der Waals surface area contributed by atoms with E-state index in [-0.39, 0.29) is 23.3 Å². The summed E-state index contributed by atoms with van der Waals surface area (Å²) < 4.78 is 0. The van der Waals surface area contributed by atoms with E-state index < -0.39 is 0 Å². The van der Waals surface area contributed by atoms with E-state index in [1.54, 1.807) is 0 Å². The Hall–Kier alpha value is -3.00. The van der Waals surface area contributed by atoms with Crippen LogP contribution in [0.1, 0.15) is 25.7 Å². The Morgan fingerprint density at radius 2 is 0.679 bits per heavy atom. The Kier molecular flexibility index (Phi) is 13.5. The molecule has 0 unspecified atom stereocenters. The van der Waals surface area contributed by atoms with E-state index in [9.17, 15) is 0 Å². The van der Waals surface area contributed by atoms with E-state index >= 15 is 0 Å². The van der Waals surface area contributed by atoms with Crippen molar-refractivity contribution in [1.82, 2.24) is 9.80 Å². The zero-order chi connectivity index (χ0) is 21.4. The molecule has 0 amide bonds. The van der Waals surface area contributed by atoms with Gasteiger partial charge in [0.05, 0.1) is 0 Å². The largest absolute Gasteiger partial charge is 0.409 e. The van der Waals surface area contributed by atoms with E-state index in [1.807, 2.05) is 9.80 Å². The number of rotatable bonds is 15. The summed E-state index contributed by atoms with van der Waals surface area (Å²) in [6.07, 6.45) is 1.39. The molecule has 14 nitrogen and oxygen atoms in total. The predicted molar refractivity (Wildman–Crippen MR) is 105 cm³/mol. The Bertz CT molecular complexity index is 460. The van der Waals surface area contributed by atoms with Gasteiger partial charge in [-0.3, -0.25) is 0 Å². The molecular weight excluding hydrogens is 372 g/mol. The first-order valence-electron chi connectivity index (χ1n) is 8.66. The average molecular weight is 404 g/mol. The quantitative estimate of drug-likeness (QED) is 0.0654. The molecule has 0 radical (unpaired) electrons. The van der Waals surface area contributed by atoms with Crippen LogP contribution in [0.15, 0.2) is 20.6 Å². The third-order valence-electron chi connectivity index (χ3n) is 3.98. The molecule has 0 aromatic rings. The molecule has 0 saturated carbocycles. The molecule has 0 aliphatic rings. The second kappa shape index (κ2) is 15.1. The van der Waals surface area contributed by atoms with Crippen molar-refractivity contribution in [2.24, 2.45) is 43.6 Å². The van der Waals surface area contributed by atoms with Crippen molar-refractivity contribution in [1.29, 1.82) is 0 Å². The molecule has 0 rings (SSSR count). The first kappa shape index (κ1) is 25.0. The fourth-order valence-corrected chi connectivity index (χ4v) is 2.24. The van der Waals surface area contributed by atoms with Gasteiger partial charge in [0.1, 0.15) is 23.3 Å². The lowest BCUT2D eigenvalue weighted by molar-refractivity contribution is 0.212. The molecular formula is C14H32N10O4. The van der Waals surface area contributed by atoms with Gasteiger partial charge in [-0.15, -0.1) is 0 Å². The van der Waals surface area contributed by atoms with Crippen LogP contribution in [0.3, 0.4) is 0 Å². The number of nitrogens with zero attached hydrogens (tertiary/aromatic N) is 6. The second-order valence-electron chi connectivity index (χ2n) is 6.05. The van der Waals surface area contributed by atoms with Gasteiger partial charge in [0.15, 0.2) is 0 Å². The van der Waals surface area contributed by atoms with Crippen molar-refractivity contribution in [2.45, 2.75) is 25.7 Å². The summed E-state index contributed by atoms with van der Waals surface area (Å²) in [6, 6.07) is 0. The number of oxime groups is 4. The van der Waals surface area contributed by atoms with Gasteiger partial charge in [0.25, 0.3) is 0 Å². The summed E-state index contributed by atoms with van der Waals surface area (Å²) in [7, 11) is 0. The average Bonchev–Trinajstić information content (AvgIpc) is 2.72. The standard InChI is InChI=1S/C14H32N10O4/c15-11(19-25)1-5-23(6-2-12(16)20-26)9-10-24(7-3-13(17)21-27)8-4-14(18)22-28/h25-28H,1-10H2,(H2,15,19)(H2,16,20)(H2,17,21)(H2,18,22). The lowest BCUT2D eigenvalue weighted by Gasteiger charge is -2.27. The van der Waals surface area contributed by atoms with Crippen LogP contribution in [0.5, 0.6) is 0 Å². The van der Waals surface area contributed by atoms with Gasteiger partial charge >= 0.3 is 0 Å². The van der Waals surface area contributed by atoms with Gasteiger partial charge in [0, 0.05) is 65.0 Å². The van der Waals surface area contributed by atoms with Crippen LogP contribution >= 0.6 is 0 Å². The molecule has 14 heteroatoms. The maximum Gasteiger partial charge on any atom is 0.140 e. The molecule has 0 aromatic carbocycles. The molecule has 28 heavy (non-hydrogen) atoms. The zero-order valence-corrected chi connectivity index (χ0v) is 15.9. The Morgan fingerprint density at radius 3 is 0.857 bits per heavy atom. The lowest BCUT2D eigenvalue weighted by Crippen LogP contribution is -2.40. The minimum absolute atomic E-state index is 0.101. The monoisotopic (exact) mass is 404 g/mol. The molecule has 0 fully saturated rings. The molecule has 12 N–H and O–H groups in total. The molecule has 0 atom stereocenters. The van der Waals surface area contributed by atoms with Crippen LogP contribution in [0.25, 0.3) is 0 Å². The first-order chi connectivity index (χ1) is 13.4. The fraction of sp³-hybridized carbons (Fsp3) is 0.714. The minimum atomic E-state index is 0.101. The third kappa shape index (κ3) is 12.4. The van der Waals surface area contributed by atoms with Crippen molar-refractivity contribution in [3.8, 4) is 0 Å². The Labute approximate surface area is 163 Å². The van der Waals surface area contributed by atoms with Gasteiger partial charge in [0.2, 0.25) is 0 Å². The first-order valence-corrected chi connectivity index (χ1v) is 8.66. The molecule has 0 spiro atoms. The highest BCUT2D eigenvalue weighted by Crippen LogP contribution is 2.00. The smallest absolute Gasteiger partial charge is 0.140 e. The minimum Gasteiger partial charge on any atom is -0.409 e. The summed E-state index contributed by atoms with van der Waals surface area (Å²) >= 11 is 0. The fourth-order valence-electron chi connectivity index (χ4n) is 2.24. The predicted octanol–water partition coefficient (Wildman–Crippen LogP) is -1.86. The van der Waals surface area contributed by atoms with Crippen LogP contribution in [0, 0.1) is 0 Å². The molecule has 0 saturated heterocycles. The molecule has 0 aromatic heterocycles. The van der Waals surface area contributed by atoms with Crippen LogP contribution in [0.4, 0.5) is 0 Å². The summed E-state index contributed by atoms with van der Waals surface area (Å²) in [6.45, 7) is 3.19. The summed E-state index contributed by atoms with van der Waals surface area (Å²) in [4.78, 5) is 4.02. The van der Waals surface area contributed by atoms with Crippen molar-refractivity contribution in [3.63, 3.8) is 0 Å². The van der Waals surface area contributed by atoms with Gasteiger partial charge in [-0.2, -0.15) is 0 Å². The summed E-state index contributed by atoms with van der Waals surface area (Å²) in [5.41, 5.74) is 22.1. The van der Waals surface area contributed by atoms with Crippen LogP contribution in [-0.4, -0.2) is 93.2 Å². The maximum atomic E-state index is 8.69. The topological polar surface area (TPSA) is 241 Å². The normalized spacial score (nSPS) is 14.2. The molecule has 162 valence electrons. The van der Waals surface area contributed by atoms with Crippen LogP contribution in [-0.2, 0) is 0 Å². The highest BCUT2D eigenvalue weighted by Gasteiger charge is 2.12. The number of hydrogen-bond acceptors (Lipinski definition) is 10. The SMILES string of the molecule is N/C(CCN(CC/C(N)=N/O)CCN(CC/C(N)=N/O)CC/C(N)=N/O)=N\O. The molecule has 0 bridgehead atoms. The van der Waals surface area contributed by atoms with Crippen molar-refractivity contribution >= 4 is 23.3 Å². The van der Waals surface area contributed by atoms with Crippen LogP contribution in [0.2, 0.25) is 0 Å². The van der Waals surface area contributed by atoms with E-state index in [0.29, 0.717) is 65.0 Å². The van der Waals surface area contributed by atoms with Crippen molar-refractivity contribution in [2.75, 3.05) is 39.3 Å². The lowest BCUT2D eigenvalue weighted by atomic mass is 10.2. The summed E-state index contributed by atoms with van der Waals surface area (Å²) in [5, 5.41) is 46.6. The number of nitrogens with two attached hydrogens (primary N) is 4. The van der Waals surface area contributed by atoms with E-state index in [1.165, 1.54) is 0 Å². The van der Waals surface area contributed by atoms with Gasteiger partial charge in [-0.05, 0) is 0 Å². The second-order valence-corrected chi connectivity index (χ2v) is 6.05. The molecule has 0 heterocycles. The van der Waals surface area contributed by atoms with E-state index in [4.69, 9.17) is 43.8 Å². The van der Waals surface area contributed by atoms with Crippen LogP contribution < -0.4 is 22.9 Å². The Morgan fingerprint density at radius 1 is 0.464 bits per heavy atom. The van der Waals surface area contributed by atoms with Gasteiger partial charge in [-0.1, -0.05) is 20.6 Å². The van der Waals surface area contributed by atoms with Crippen molar-refractivity contribution < 1.29 is 20.8 Å². The molecule has 0 aliphatic heterocycles. The van der Waals surface area contributed by atoms with E-state index in [2.05, 4.69) is 20.6 Å². The number of hydrogen-bond donors (Lipinski definition) is 8. The Balaban J connectivity index is 4.85.